The van der Waals surface area contributed by atoms with Crippen molar-refractivity contribution < 1.29 is 0 Å². The molecule has 0 saturated carbocycles. The molecule has 0 aromatic heterocycles. The van der Waals surface area contributed by atoms with E-state index < -0.39 is 0 Å². The van der Waals surface area contributed by atoms with Gasteiger partial charge in [0.15, 0.2) is 0 Å². The van der Waals surface area contributed by atoms with Crippen LogP contribution in [0.1, 0.15) is 11.1 Å². The van der Waals surface area contributed by atoms with E-state index in [0.717, 1.165) is 5.56 Å². The number of hydrogen-bond donors (Lipinski definition) is 0. The van der Waals surface area contributed by atoms with Crippen molar-refractivity contribution in [2.24, 2.45) is 0 Å². The molecule has 0 heterocycles. The summed E-state index contributed by atoms with van der Waals surface area (Å²) < 4.78 is 0. The van der Waals surface area contributed by atoms with Gasteiger partial charge in [0, 0.05) is 10.6 Å². The maximum Gasteiger partial charge on any atom is 0.0998 e. The van der Waals surface area contributed by atoms with Crippen LogP contribution in [0.2, 0.25) is 10.0 Å². The summed E-state index contributed by atoms with van der Waals surface area (Å²) in [6.45, 7) is 0. The Bertz CT molecular complexity index is 625. The van der Waals surface area contributed by atoms with Crippen LogP contribution in [0.15, 0.2) is 48.5 Å². The lowest BCUT2D eigenvalue weighted by molar-refractivity contribution is 1.52. The average molecular weight is 274 g/mol. The van der Waals surface area contributed by atoms with E-state index in [1.165, 1.54) is 0 Å². The van der Waals surface area contributed by atoms with E-state index in [-0.39, 0.29) is 0 Å². The van der Waals surface area contributed by atoms with Crippen molar-refractivity contribution >= 4 is 34.9 Å². The highest BCUT2D eigenvalue weighted by Gasteiger charge is 2.06. The van der Waals surface area contributed by atoms with Crippen molar-refractivity contribution in [1.29, 1.82) is 5.26 Å². The topological polar surface area (TPSA) is 23.8 Å². The third kappa shape index (κ3) is 2.92. The number of allylic oxidation sites excluding steroid dienone is 1. The van der Waals surface area contributed by atoms with Crippen LogP contribution in [-0.2, 0) is 0 Å². The smallest absolute Gasteiger partial charge is 0.0998 e. The first-order valence-electron chi connectivity index (χ1n) is 5.33. The summed E-state index contributed by atoms with van der Waals surface area (Å²) in [5, 5.41) is 10.3. The molecule has 0 spiro atoms. The molecule has 0 saturated heterocycles. The molecule has 0 fully saturated rings. The molecular weight excluding hydrogens is 265 g/mol. The zero-order chi connectivity index (χ0) is 13.0. The Morgan fingerprint density at radius 1 is 1.06 bits per heavy atom. The minimum Gasteiger partial charge on any atom is -0.192 e. The Labute approximate surface area is 116 Å². The van der Waals surface area contributed by atoms with Gasteiger partial charge in [-0.3, -0.25) is 0 Å². The number of nitriles is 1. The minimum atomic E-state index is 0.478. The van der Waals surface area contributed by atoms with Gasteiger partial charge in [0.2, 0.25) is 0 Å². The quantitative estimate of drug-likeness (QED) is 0.554. The number of halogens is 2. The first kappa shape index (κ1) is 12.7. The van der Waals surface area contributed by atoms with E-state index in [4.69, 9.17) is 23.2 Å². The molecule has 0 N–H and O–H groups in total. The van der Waals surface area contributed by atoms with Crippen molar-refractivity contribution in [1.82, 2.24) is 0 Å². The molecule has 2 aromatic rings. The van der Waals surface area contributed by atoms with Gasteiger partial charge in [-0.05, 0) is 23.8 Å². The van der Waals surface area contributed by atoms with Crippen LogP contribution in [0, 0.1) is 11.3 Å². The molecule has 0 aliphatic heterocycles. The molecular formula is C15H9Cl2N. The van der Waals surface area contributed by atoms with Gasteiger partial charge in [-0.25, -0.2) is 0 Å². The molecule has 0 unspecified atom stereocenters. The summed E-state index contributed by atoms with van der Waals surface area (Å²) >= 11 is 11.9. The van der Waals surface area contributed by atoms with Gasteiger partial charge in [0.25, 0.3) is 0 Å². The van der Waals surface area contributed by atoms with Crippen molar-refractivity contribution in [3.63, 3.8) is 0 Å². The first-order chi connectivity index (χ1) is 8.70. The molecule has 18 heavy (non-hydrogen) atoms. The lowest BCUT2D eigenvalue weighted by Crippen LogP contribution is -1.84. The number of benzene rings is 2. The summed E-state index contributed by atoms with van der Waals surface area (Å²) in [5.41, 5.74) is 2.16. The van der Waals surface area contributed by atoms with Crippen LogP contribution in [-0.4, -0.2) is 0 Å². The Morgan fingerprint density at radius 2 is 1.78 bits per heavy atom. The van der Waals surface area contributed by atoms with E-state index in [1.807, 2.05) is 30.3 Å². The largest absolute Gasteiger partial charge is 0.192 e. The molecule has 0 atom stereocenters. The van der Waals surface area contributed by atoms with Gasteiger partial charge in [-0.2, -0.15) is 5.26 Å². The molecule has 1 nitrogen and oxygen atoms in total. The van der Waals surface area contributed by atoms with Crippen LogP contribution in [0.5, 0.6) is 0 Å². The number of nitrogens with zero attached hydrogens (tertiary/aromatic N) is 1. The summed E-state index contributed by atoms with van der Waals surface area (Å²) in [5.74, 6) is 0. The van der Waals surface area contributed by atoms with Gasteiger partial charge in [-0.1, -0.05) is 59.6 Å². The number of hydrogen-bond acceptors (Lipinski definition) is 1. The third-order valence-electron chi connectivity index (χ3n) is 2.45. The van der Waals surface area contributed by atoms with Crippen LogP contribution >= 0.6 is 23.2 Å². The molecule has 3 heteroatoms. The Morgan fingerprint density at radius 3 is 2.39 bits per heavy atom. The second-order valence-corrected chi connectivity index (χ2v) is 4.55. The van der Waals surface area contributed by atoms with E-state index in [1.54, 1.807) is 24.3 Å². The zero-order valence-electron chi connectivity index (χ0n) is 9.40. The highest BCUT2D eigenvalue weighted by Crippen LogP contribution is 2.28. The molecule has 0 amide bonds. The monoisotopic (exact) mass is 273 g/mol. The molecule has 0 bridgehead atoms. The Balaban J connectivity index is 2.47. The second-order valence-electron chi connectivity index (χ2n) is 3.70. The van der Waals surface area contributed by atoms with Crippen LogP contribution in [0.4, 0.5) is 0 Å². The maximum absolute atomic E-state index is 9.22. The summed E-state index contributed by atoms with van der Waals surface area (Å²) in [4.78, 5) is 0. The van der Waals surface area contributed by atoms with E-state index >= 15 is 0 Å². The predicted octanol–water partition coefficient (Wildman–Crippen LogP) is 5.06. The average Bonchev–Trinajstić information content (AvgIpc) is 2.38. The highest BCUT2D eigenvalue weighted by atomic mass is 35.5. The second kappa shape index (κ2) is 5.73. The lowest BCUT2D eigenvalue weighted by Gasteiger charge is -2.03. The lowest BCUT2D eigenvalue weighted by atomic mass is 10.0. The molecule has 0 aliphatic rings. The third-order valence-corrected chi connectivity index (χ3v) is 3.00. The fourth-order valence-electron chi connectivity index (χ4n) is 1.59. The Kier molecular flexibility index (Phi) is 4.04. The number of rotatable bonds is 2. The van der Waals surface area contributed by atoms with Crippen molar-refractivity contribution in [2.45, 2.75) is 0 Å². The van der Waals surface area contributed by atoms with Crippen molar-refractivity contribution in [3.05, 3.63) is 69.7 Å². The molecule has 2 rings (SSSR count). The molecule has 2 aromatic carbocycles. The van der Waals surface area contributed by atoms with E-state index in [0.29, 0.717) is 21.2 Å². The van der Waals surface area contributed by atoms with Crippen LogP contribution in [0.3, 0.4) is 0 Å². The standard InChI is InChI=1S/C15H9Cl2N/c16-13-6-7-14(15(17)9-13)12(10-18)8-11-4-2-1-3-5-11/h1-9H/b12-8+. The Hall–Kier alpha value is -1.75. The first-order valence-corrected chi connectivity index (χ1v) is 6.08. The maximum atomic E-state index is 9.22. The highest BCUT2D eigenvalue weighted by molar-refractivity contribution is 6.36. The fraction of sp³-hybridized carbons (Fsp3) is 0. The van der Waals surface area contributed by atoms with E-state index in [2.05, 4.69) is 6.07 Å². The van der Waals surface area contributed by atoms with Gasteiger partial charge in [0.1, 0.15) is 0 Å². The summed E-state index contributed by atoms with van der Waals surface area (Å²) in [7, 11) is 0. The van der Waals surface area contributed by atoms with Crippen LogP contribution in [0.25, 0.3) is 11.6 Å². The predicted molar refractivity (Wildman–Crippen MR) is 76.4 cm³/mol. The SMILES string of the molecule is N#C/C(=C\c1ccccc1)c1ccc(Cl)cc1Cl. The van der Waals surface area contributed by atoms with Gasteiger partial charge >= 0.3 is 0 Å². The van der Waals surface area contributed by atoms with Crippen molar-refractivity contribution in [2.75, 3.05) is 0 Å². The minimum absolute atomic E-state index is 0.478. The van der Waals surface area contributed by atoms with Crippen LogP contribution < -0.4 is 0 Å². The van der Waals surface area contributed by atoms with E-state index in [9.17, 15) is 5.26 Å². The van der Waals surface area contributed by atoms with Crippen molar-refractivity contribution in [3.8, 4) is 6.07 Å². The normalized spacial score (nSPS) is 11.1. The summed E-state index contributed by atoms with van der Waals surface area (Å²) in [6, 6.07) is 16.9. The molecule has 0 radical (unpaired) electrons. The van der Waals surface area contributed by atoms with Gasteiger partial charge < -0.3 is 0 Å². The molecule has 0 aliphatic carbocycles. The van der Waals surface area contributed by atoms with Gasteiger partial charge in [0.05, 0.1) is 16.7 Å². The molecule has 88 valence electrons. The zero-order valence-corrected chi connectivity index (χ0v) is 10.9. The van der Waals surface area contributed by atoms with Gasteiger partial charge in [-0.15, -0.1) is 0 Å². The summed E-state index contributed by atoms with van der Waals surface area (Å²) in [6.07, 6.45) is 1.80. The fourth-order valence-corrected chi connectivity index (χ4v) is 2.10.